The largest absolute Gasteiger partial charge is 0.491 e. The fourth-order valence-corrected chi connectivity index (χ4v) is 2.49. The Kier molecular flexibility index (Phi) is 9.22. The van der Waals surface area contributed by atoms with Crippen LogP contribution in [0.25, 0.3) is 6.08 Å². The average Bonchev–Trinajstić information content (AvgIpc) is 2.73. The van der Waals surface area contributed by atoms with Gasteiger partial charge in [-0.15, -0.1) is 0 Å². The van der Waals surface area contributed by atoms with Crippen LogP contribution in [0, 0.1) is 18.3 Å². The first kappa shape index (κ1) is 22.8. The molecule has 0 atom stereocenters. The molecule has 2 N–H and O–H groups in total. The maximum Gasteiger partial charge on any atom is 0.259 e. The van der Waals surface area contributed by atoms with Crippen molar-refractivity contribution in [2.24, 2.45) is 5.73 Å². The molecule has 158 valence electrons. The number of nitriles is 1. The second-order valence-electron chi connectivity index (χ2n) is 6.30. The van der Waals surface area contributed by atoms with Gasteiger partial charge in [0.1, 0.15) is 30.6 Å². The van der Waals surface area contributed by atoms with Crippen molar-refractivity contribution in [1.82, 2.24) is 0 Å². The maximum absolute atomic E-state index is 11.2. The van der Waals surface area contributed by atoms with Gasteiger partial charge in [0.25, 0.3) is 5.91 Å². The monoisotopic (exact) mass is 410 g/mol. The Bertz CT molecular complexity index is 901. The number of hydrogen-bond donors (Lipinski definition) is 1. The lowest BCUT2D eigenvalue weighted by atomic mass is 10.1. The summed E-state index contributed by atoms with van der Waals surface area (Å²) in [5, 5.41) is 8.97. The van der Waals surface area contributed by atoms with E-state index in [4.69, 9.17) is 29.9 Å². The van der Waals surface area contributed by atoms with E-state index in [2.05, 4.69) is 0 Å². The minimum atomic E-state index is -0.778. The van der Waals surface area contributed by atoms with Gasteiger partial charge < -0.3 is 24.7 Å². The Morgan fingerprint density at radius 1 is 1.00 bits per heavy atom. The minimum Gasteiger partial charge on any atom is -0.491 e. The number of amides is 1. The molecule has 2 rings (SSSR count). The Hall–Kier alpha value is -3.50. The molecule has 0 unspecified atom stereocenters. The lowest BCUT2D eigenvalue weighted by Crippen LogP contribution is -2.13. The van der Waals surface area contributed by atoms with Gasteiger partial charge in [0.15, 0.2) is 11.5 Å². The van der Waals surface area contributed by atoms with Crippen LogP contribution in [0.3, 0.4) is 0 Å². The van der Waals surface area contributed by atoms with Crippen molar-refractivity contribution in [2.75, 3.05) is 33.0 Å². The normalized spacial score (nSPS) is 10.9. The quantitative estimate of drug-likeness (QED) is 0.327. The fourth-order valence-electron chi connectivity index (χ4n) is 2.49. The molecule has 0 saturated heterocycles. The number of hydrogen-bond acceptors (Lipinski definition) is 6. The van der Waals surface area contributed by atoms with Crippen LogP contribution >= 0.6 is 0 Å². The molecule has 7 heteroatoms. The number of primary amides is 1. The first-order chi connectivity index (χ1) is 14.5. The van der Waals surface area contributed by atoms with Crippen LogP contribution in [0.5, 0.6) is 17.2 Å². The third-order valence-corrected chi connectivity index (χ3v) is 3.97. The third-order valence-electron chi connectivity index (χ3n) is 3.97. The minimum absolute atomic E-state index is 0.132. The van der Waals surface area contributed by atoms with E-state index >= 15 is 0 Å². The molecule has 2 aromatic carbocycles. The zero-order chi connectivity index (χ0) is 21.8. The summed E-state index contributed by atoms with van der Waals surface area (Å²) < 4.78 is 22.5. The molecule has 0 aromatic heterocycles. The number of benzene rings is 2. The van der Waals surface area contributed by atoms with Crippen LogP contribution in [-0.2, 0) is 9.53 Å². The second kappa shape index (κ2) is 12.1. The number of ether oxygens (including phenoxy) is 4. The number of carbonyl (C=O) groups excluding carboxylic acids is 1. The highest BCUT2D eigenvalue weighted by atomic mass is 16.6. The summed E-state index contributed by atoms with van der Waals surface area (Å²) in [6.45, 7) is 5.96. The number of aryl methyl sites for hydroxylation is 1. The maximum atomic E-state index is 11.2. The van der Waals surface area contributed by atoms with Crippen LogP contribution in [0.1, 0.15) is 18.1 Å². The SMILES string of the molecule is CCOc1cc(C=C(C#N)C(N)=O)ccc1OCCOCCOc1ccc(C)cc1. The average molecular weight is 410 g/mol. The van der Waals surface area contributed by atoms with Gasteiger partial charge in [-0.3, -0.25) is 4.79 Å². The highest BCUT2D eigenvalue weighted by Gasteiger charge is 2.08. The Labute approximate surface area is 176 Å². The molecule has 30 heavy (non-hydrogen) atoms. The molecule has 0 heterocycles. The molecule has 0 bridgehead atoms. The smallest absolute Gasteiger partial charge is 0.259 e. The molecule has 0 aliphatic carbocycles. The first-order valence-corrected chi connectivity index (χ1v) is 9.62. The van der Waals surface area contributed by atoms with Crippen molar-refractivity contribution in [3.05, 3.63) is 59.2 Å². The summed E-state index contributed by atoms with van der Waals surface area (Å²) in [6, 6.07) is 14.7. The van der Waals surface area contributed by atoms with Crippen molar-refractivity contribution in [1.29, 1.82) is 5.26 Å². The van der Waals surface area contributed by atoms with Crippen molar-refractivity contribution < 1.29 is 23.7 Å². The molecule has 0 fully saturated rings. The Balaban J connectivity index is 1.80. The summed E-state index contributed by atoms with van der Waals surface area (Å²) in [4.78, 5) is 11.2. The van der Waals surface area contributed by atoms with E-state index in [1.165, 1.54) is 11.6 Å². The van der Waals surface area contributed by atoms with Gasteiger partial charge in [0.2, 0.25) is 0 Å². The fraction of sp³-hybridized carbons (Fsp3) is 0.304. The van der Waals surface area contributed by atoms with E-state index in [9.17, 15) is 4.79 Å². The van der Waals surface area contributed by atoms with Gasteiger partial charge in [-0.25, -0.2) is 0 Å². The summed E-state index contributed by atoms with van der Waals surface area (Å²) in [7, 11) is 0. The second-order valence-corrected chi connectivity index (χ2v) is 6.30. The number of rotatable bonds is 12. The molecule has 0 saturated carbocycles. The van der Waals surface area contributed by atoms with E-state index in [1.807, 2.05) is 38.1 Å². The zero-order valence-corrected chi connectivity index (χ0v) is 17.2. The molecule has 1 amide bonds. The number of nitrogens with zero attached hydrogens (tertiary/aromatic N) is 1. The van der Waals surface area contributed by atoms with Crippen LogP contribution in [0.4, 0.5) is 0 Å². The standard InChI is InChI=1S/C23H26N2O5/c1-3-28-22-15-18(14-19(16-24)23(25)26)6-9-21(22)30-13-11-27-10-12-29-20-7-4-17(2)5-8-20/h4-9,14-15H,3,10-13H2,1-2H3,(H2,25,26). The molecule has 7 nitrogen and oxygen atoms in total. The Morgan fingerprint density at radius 2 is 1.70 bits per heavy atom. The summed E-state index contributed by atoms with van der Waals surface area (Å²) in [5.41, 5.74) is 6.84. The highest BCUT2D eigenvalue weighted by Crippen LogP contribution is 2.29. The van der Waals surface area contributed by atoms with Gasteiger partial charge >= 0.3 is 0 Å². The summed E-state index contributed by atoms with van der Waals surface area (Å²) in [6.07, 6.45) is 1.41. The topological polar surface area (TPSA) is 104 Å². The predicted octanol–water partition coefficient (Wildman–Crippen LogP) is 3.26. The van der Waals surface area contributed by atoms with Crippen LogP contribution < -0.4 is 19.9 Å². The van der Waals surface area contributed by atoms with E-state index in [1.54, 1.807) is 24.3 Å². The predicted molar refractivity (Wildman–Crippen MR) is 113 cm³/mol. The summed E-state index contributed by atoms with van der Waals surface area (Å²) >= 11 is 0. The lowest BCUT2D eigenvalue weighted by Gasteiger charge is -2.13. The molecule has 0 aliphatic rings. The van der Waals surface area contributed by atoms with Crippen molar-refractivity contribution in [2.45, 2.75) is 13.8 Å². The molecular formula is C23H26N2O5. The van der Waals surface area contributed by atoms with Gasteiger partial charge in [0, 0.05) is 0 Å². The van der Waals surface area contributed by atoms with Gasteiger partial charge in [-0.05, 0) is 49.8 Å². The highest BCUT2D eigenvalue weighted by molar-refractivity contribution is 6.00. The van der Waals surface area contributed by atoms with Crippen molar-refractivity contribution >= 4 is 12.0 Å². The third kappa shape index (κ3) is 7.49. The molecular weight excluding hydrogens is 384 g/mol. The van der Waals surface area contributed by atoms with E-state index in [0.29, 0.717) is 50.1 Å². The van der Waals surface area contributed by atoms with Crippen molar-refractivity contribution in [3.63, 3.8) is 0 Å². The molecule has 2 aromatic rings. The Morgan fingerprint density at radius 3 is 2.33 bits per heavy atom. The van der Waals surface area contributed by atoms with E-state index < -0.39 is 5.91 Å². The molecule has 0 aliphatic heterocycles. The van der Waals surface area contributed by atoms with E-state index in [-0.39, 0.29) is 5.57 Å². The lowest BCUT2D eigenvalue weighted by molar-refractivity contribution is -0.114. The van der Waals surface area contributed by atoms with Gasteiger partial charge in [0.05, 0.1) is 19.8 Å². The zero-order valence-electron chi connectivity index (χ0n) is 17.2. The van der Waals surface area contributed by atoms with Crippen LogP contribution in [0.2, 0.25) is 0 Å². The van der Waals surface area contributed by atoms with Crippen LogP contribution in [0.15, 0.2) is 48.0 Å². The van der Waals surface area contributed by atoms with Gasteiger partial charge in [-0.1, -0.05) is 23.8 Å². The van der Waals surface area contributed by atoms with Crippen molar-refractivity contribution in [3.8, 4) is 23.3 Å². The van der Waals surface area contributed by atoms with Crippen LogP contribution in [-0.4, -0.2) is 38.9 Å². The summed E-state index contributed by atoms with van der Waals surface area (Å²) in [5.74, 6) is 1.09. The number of nitrogens with two attached hydrogens (primary N) is 1. The van der Waals surface area contributed by atoms with E-state index in [0.717, 1.165) is 5.75 Å². The van der Waals surface area contributed by atoms with Gasteiger partial charge in [-0.2, -0.15) is 5.26 Å². The molecule has 0 spiro atoms. The number of carbonyl (C=O) groups is 1. The first-order valence-electron chi connectivity index (χ1n) is 9.62. The molecule has 0 radical (unpaired) electrons.